The molecule has 0 heterocycles. The molecule has 15 heavy (non-hydrogen) atoms. The second kappa shape index (κ2) is 5.50. The second-order valence-electron chi connectivity index (χ2n) is 4.55. The average molecular weight is 214 g/mol. The fourth-order valence-electron chi connectivity index (χ4n) is 2.36. The number of hydrogen-bond acceptors (Lipinski definition) is 3. The molecule has 1 aliphatic rings. The molecule has 0 radical (unpaired) electrons. The van der Waals surface area contributed by atoms with Gasteiger partial charge >= 0.3 is 5.97 Å². The van der Waals surface area contributed by atoms with Gasteiger partial charge in [0.25, 0.3) is 0 Å². The molecule has 1 rings (SSSR count). The van der Waals surface area contributed by atoms with Crippen LogP contribution in [0.4, 0.5) is 0 Å². The topological polar surface area (TPSA) is 46.5 Å². The molecule has 0 aromatic heterocycles. The number of ether oxygens (including phenoxy) is 1. The van der Waals surface area contributed by atoms with Crippen molar-refractivity contribution >= 4 is 5.97 Å². The molecule has 0 bridgehead atoms. The van der Waals surface area contributed by atoms with Crippen molar-refractivity contribution in [2.24, 2.45) is 5.92 Å². The molecule has 0 aromatic rings. The van der Waals surface area contributed by atoms with Crippen LogP contribution in [0, 0.1) is 5.92 Å². The highest BCUT2D eigenvalue weighted by atomic mass is 16.5. The van der Waals surface area contributed by atoms with E-state index in [1.165, 1.54) is 0 Å². The van der Waals surface area contributed by atoms with Crippen LogP contribution in [-0.4, -0.2) is 23.3 Å². The Morgan fingerprint density at radius 1 is 1.53 bits per heavy atom. The van der Waals surface area contributed by atoms with E-state index >= 15 is 0 Å². The monoisotopic (exact) mass is 214 g/mol. The van der Waals surface area contributed by atoms with Gasteiger partial charge in [0.2, 0.25) is 0 Å². The minimum atomic E-state index is -0.604. The number of aliphatic hydroxyl groups is 1. The molecule has 3 heteroatoms. The zero-order valence-corrected chi connectivity index (χ0v) is 9.79. The van der Waals surface area contributed by atoms with Crippen LogP contribution >= 0.6 is 0 Å². The maximum Gasteiger partial charge on any atom is 0.305 e. The first-order valence-corrected chi connectivity index (χ1v) is 5.97. The molecule has 88 valence electrons. The minimum absolute atomic E-state index is 0.189. The van der Waals surface area contributed by atoms with E-state index in [1.807, 2.05) is 0 Å². The van der Waals surface area contributed by atoms with Gasteiger partial charge in [-0.2, -0.15) is 0 Å². The highest BCUT2D eigenvalue weighted by Gasteiger charge is 2.36. The summed E-state index contributed by atoms with van der Waals surface area (Å²) >= 11 is 0. The van der Waals surface area contributed by atoms with E-state index in [1.54, 1.807) is 6.92 Å². The number of hydrogen-bond donors (Lipinski definition) is 1. The van der Waals surface area contributed by atoms with Crippen LogP contribution in [0.15, 0.2) is 0 Å². The summed E-state index contributed by atoms with van der Waals surface area (Å²) in [6.45, 7) is 4.38. The van der Waals surface area contributed by atoms with Crippen molar-refractivity contribution in [1.29, 1.82) is 0 Å². The summed E-state index contributed by atoms with van der Waals surface area (Å²) in [5.41, 5.74) is -0.604. The van der Waals surface area contributed by atoms with Crippen LogP contribution in [0.5, 0.6) is 0 Å². The quantitative estimate of drug-likeness (QED) is 0.714. The Morgan fingerprint density at radius 2 is 2.27 bits per heavy atom. The lowest BCUT2D eigenvalue weighted by molar-refractivity contribution is -0.144. The summed E-state index contributed by atoms with van der Waals surface area (Å²) in [6.07, 6.45) is 4.81. The van der Waals surface area contributed by atoms with E-state index in [-0.39, 0.29) is 5.97 Å². The van der Waals surface area contributed by atoms with Gasteiger partial charge in [-0.3, -0.25) is 4.79 Å². The van der Waals surface area contributed by atoms with Gasteiger partial charge < -0.3 is 9.84 Å². The molecule has 2 atom stereocenters. The Morgan fingerprint density at radius 3 is 2.80 bits per heavy atom. The molecule has 2 unspecified atom stereocenters. The lowest BCUT2D eigenvalue weighted by Crippen LogP contribution is -2.26. The number of carbonyl (C=O) groups excluding carboxylic acids is 1. The Labute approximate surface area is 91.8 Å². The van der Waals surface area contributed by atoms with Crippen LogP contribution in [0.1, 0.15) is 52.4 Å². The van der Waals surface area contributed by atoms with Crippen LogP contribution in [0.25, 0.3) is 0 Å². The first-order valence-electron chi connectivity index (χ1n) is 5.97. The predicted octanol–water partition coefficient (Wildman–Crippen LogP) is 2.27. The van der Waals surface area contributed by atoms with E-state index < -0.39 is 5.60 Å². The Bertz CT molecular complexity index is 215. The van der Waals surface area contributed by atoms with Crippen LogP contribution < -0.4 is 0 Å². The molecule has 0 amide bonds. The van der Waals surface area contributed by atoms with Gasteiger partial charge in [-0.15, -0.1) is 0 Å². The van der Waals surface area contributed by atoms with Crippen LogP contribution in [-0.2, 0) is 9.53 Å². The third-order valence-corrected chi connectivity index (χ3v) is 3.36. The lowest BCUT2D eigenvalue weighted by Gasteiger charge is -2.22. The minimum Gasteiger partial charge on any atom is -0.466 e. The predicted molar refractivity (Wildman–Crippen MR) is 58.4 cm³/mol. The van der Waals surface area contributed by atoms with Crippen molar-refractivity contribution in [3.63, 3.8) is 0 Å². The smallest absolute Gasteiger partial charge is 0.305 e. The molecular formula is C12H22O3. The normalized spacial score (nSPS) is 30.5. The summed E-state index contributed by atoms with van der Waals surface area (Å²) in [5, 5.41) is 10.2. The summed E-state index contributed by atoms with van der Waals surface area (Å²) in [5.74, 6) is 0.447. The summed E-state index contributed by atoms with van der Waals surface area (Å²) in [6, 6.07) is 0. The fourth-order valence-corrected chi connectivity index (χ4v) is 2.36. The Hall–Kier alpha value is -0.570. The first-order chi connectivity index (χ1) is 7.09. The lowest BCUT2D eigenvalue weighted by atomic mass is 9.94. The van der Waals surface area contributed by atoms with Crippen molar-refractivity contribution in [1.82, 2.24) is 0 Å². The van der Waals surface area contributed by atoms with Gasteiger partial charge in [-0.25, -0.2) is 0 Å². The number of carbonyl (C=O) groups is 1. The molecule has 0 spiro atoms. The average Bonchev–Trinajstić information content (AvgIpc) is 2.59. The first kappa shape index (κ1) is 12.5. The van der Waals surface area contributed by atoms with Gasteiger partial charge in [-0.05, 0) is 38.5 Å². The molecule has 3 nitrogen and oxygen atoms in total. The van der Waals surface area contributed by atoms with Gasteiger partial charge in [-0.1, -0.05) is 13.3 Å². The van der Waals surface area contributed by atoms with Crippen molar-refractivity contribution in [2.75, 3.05) is 6.61 Å². The SMILES string of the molecule is CCOC(=O)CCC1(O)CCC(CC)C1. The molecule has 1 fully saturated rings. The third-order valence-electron chi connectivity index (χ3n) is 3.36. The number of rotatable bonds is 5. The molecular weight excluding hydrogens is 192 g/mol. The van der Waals surface area contributed by atoms with Crippen molar-refractivity contribution < 1.29 is 14.6 Å². The van der Waals surface area contributed by atoms with E-state index in [4.69, 9.17) is 4.74 Å². The molecule has 0 saturated heterocycles. The van der Waals surface area contributed by atoms with Crippen molar-refractivity contribution in [3.8, 4) is 0 Å². The van der Waals surface area contributed by atoms with Gasteiger partial charge in [0.1, 0.15) is 0 Å². The third kappa shape index (κ3) is 3.82. The molecule has 0 aliphatic heterocycles. The second-order valence-corrected chi connectivity index (χ2v) is 4.55. The Balaban J connectivity index is 2.29. The molecule has 0 aromatic carbocycles. The summed E-state index contributed by atoms with van der Waals surface area (Å²) in [4.78, 5) is 11.2. The highest BCUT2D eigenvalue weighted by molar-refractivity contribution is 5.69. The zero-order chi connectivity index (χ0) is 11.3. The molecule has 1 saturated carbocycles. The largest absolute Gasteiger partial charge is 0.466 e. The molecule has 1 aliphatic carbocycles. The maximum absolute atomic E-state index is 11.2. The molecule has 1 N–H and O–H groups in total. The van der Waals surface area contributed by atoms with E-state index in [0.717, 1.165) is 25.7 Å². The zero-order valence-electron chi connectivity index (χ0n) is 9.79. The van der Waals surface area contributed by atoms with E-state index in [2.05, 4.69) is 6.92 Å². The van der Waals surface area contributed by atoms with Crippen molar-refractivity contribution in [2.45, 2.75) is 58.0 Å². The van der Waals surface area contributed by atoms with Crippen LogP contribution in [0.3, 0.4) is 0 Å². The number of esters is 1. The fraction of sp³-hybridized carbons (Fsp3) is 0.917. The van der Waals surface area contributed by atoms with Crippen LogP contribution in [0.2, 0.25) is 0 Å². The maximum atomic E-state index is 11.2. The highest BCUT2D eigenvalue weighted by Crippen LogP contribution is 2.39. The van der Waals surface area contributed by atoms with E-state index in [9.17, 15) is 9.90 Å². The standard InChI is InChI=1S/C12H22O3/c1-3-10-5-7-12(14,9-10)8-6-11(13)15-4-2/h10,14H,3-9H2,1-2H3. The Kier molecular flexibility index (Phi) is 4.58. The summed E-state index contributed by atoms with van der Waals surface area (Å²) in [7, 11) is 0. The van der Waals surface area contributed by atoms with Crippen molar-refractivity contribution in [3.05, 3.63) is 0 Å². The van der Waals surface area contributed by atoms with Gasteiger partial charge in [0.05, 0.1) is 12.2 Å². The summed E-state index contributed by atoms with van der Waals surface area (Å²) < 4.78 is 4.85. The van der Waals surface area contributed by atoms with Gasteiger partial charge in [0, 0.05) is 6.42 Å². The van der Waals surface area contributed by atoms with Gasteiger partial charge in [0.15, 0.2) is 0 Å². The van der Waals surface area contributed by atoms with E-state index in [0.29, 0.717) is 25.4 Å².